The predicted molar refractivity (Wildman–Crippen MR) is 467 cm³/mol. The van der Waals surface area contributed by atoms with Crippen molar-refractivity contribution >= 4 is 99.5 Å². The van der Waals surface area contributed by atoms with Crippen molar-refractivity contribution in [3.63, 3.8) is 0 Å². The average molecular weight is 1420 g/mol. The van der Waals surface area contributed by atoms with Gasteiger partial charge in [0.25, 0.3) is 0 Å². The maximum absolute atomic E-state index is 6.60. The molecule has 18 aromatic carbocycles. The molecule has 2 aromatic heterocycles. The molecular weight excluding hydrogens is 1350 g/mol. The lowest BCUT2D eigenvalue weighted by Gasteiger charge is -2.30. The zero-order valence-corrected chi connectivity index (χ0v) is 61.5. The quantitative estimate of drug-likeness (QED) is 0.115. The van der Waals surface area contributed by atoms with Gasteiger partial charge >= 0.3 is 0 Å². The Morgan fingerprint density at radius 1 is 0.198 bits per heavy atom. The van der Waals surface area contributed by atoms with Crippen molar-refractivity contribution in [2.45, 2.75) is 19.3 Å². The summed E-state index contributed by atoms with van der Waals surface area (Å²) in [6.07, 6.45) is 0. The van der Waals surface area contributed by atoms with Gasteiger partial charge < -0.3 is 18.6 Å². The number of hydrogen-bond acceptors (Lipinski definition) is 4. The van der Waals surface area contributed by atoms with Crippen molar-refractivity contribution in [3.8, 4) is 89.0 Å². The third-order valence-corrected chi connectivity index (χ3v) is 22.5. The minimum Gasteiger partial charge on any atom is -0.455 e. The van der Waals surface area contributed by atoms with Crippen LogP contribution in [0.4, 0.5) is 34.1 Å². The second-order valence-corrected chi connectivity index (χ2v) is 29.5. The Labute approximate surface area is 645 Å². The lowest BCUT2D eigenvalue weighted by molar-refractivity contribution is 0.660. The zero-order valence-electron chi connectivity index (χ0n) is 61.5. The third kappa shape index (κ3) is 12.2. The van der Waals surface area contributed by atoms with Crippen LogP contribution in [-0.2, 0) is 5.41 Å². The van der Waals surface area contributed by atoms with Gasteiger partial charge in [-0.05, 0) is 220 Å². The summed E-state index contributed by atoms with van der Waals surface area (Å²) in [5.74, 6) is 0. The number of fused-ring (bicyclic) bond motifs is 11. The summed E-state index contributed by atoms with van der Waals surface area (Å²) in [6.45, 7) is 4.70. The van der Waals surface area contributed by atoms with E-state index in [9.17, 15) is 0 Å². The molecule has 4 heteroatoms. The van der Waals surface area contributed by atoms with Crippen LogP contribution in [0.5, 0.6) is 0 Å². The molecule has 4 nitrogen and oxygen atoms in total. The van der Waals surface area contributed by atoms with Crippen LogP contribution in [0.1, 0.15) is 25.0 Å². The van der Waals surface area contributed by atoms with Crippen LogP contribution in [0, 0.1) is 0 Å². The number of rotatable bonds is 13. The number of furan rings is 2. The first-order valence-corrected chi connectivity index (χ1v) is 38.2. The summed E-state index contributed by atoms with van der Waals surface area (Å²) >= 11 is 0. The molecule has 0 spiro atoms. The fourth-order valence-corrected chi connectivity index (χ4v) is 16.8. The van der Waals surface area contributed by atoms with E-state index in [1.165, 1.54) is 77.2 Å². The molecule has 0 N–H and O–H groups in total. The Hall–Kier alpha value is -14.3. The molecule has 0 saturated carbocycles. The van der Waals surface area contributed by atoms with Gasteiger partial charge in [-0.2, -0.15) is 0 Å². The first kappa shape index (κ1) is 66.1. The second-order valence-electron chi connectivity index (χ2n) is 29.5. The second kappa shape index (κ2) is 27.8. The molecule has 21 rings (SSSR count). The van der Waals surface area contributed by atoms with Crippen LogP contribution in [0.2, 0.25) is 0 Å². The smallest absolute Gasteiger partial charge is 0.143 e. The van der Waals surface area contributed by atoms with E-state index in [2.05, 4.69) is 424 Å². The first-order valence-electron chi connectivity index (χ1n) is 38.2. The van der Waals surface area contributed by atoms with Crippen LogP contribution in [0.25, 0.3) is 154 Å². The Morgan fingerprint density at radius 2 is 0.559 bits per heavy atom. The fraction of sp³-hybridized carbons (Fsp3) is 0.0280. The van der Waals surface area contributed by atoms with Crippen LogP contribution >= 0.6 is 0 Å². The molecule has 0 unspecified atom stereocenters. The zero-order chi connectivity index (χ0) is 73.9. The highest BCUT2D eigenvalue weighted by Crippen LogP contribution is 2.52. The van der Waals surface area contributed by atoms with Gasteiger partial charge in [0.05, 0.1) is 5.69 Å². The van der Waals surface area contributed by atoms with E-state index in [0.29, 0.717) is 0 Å². The number of benzene rings is 18. The Balaban J connectivity index is 0.000000145. The molecule has 0 saturated heterocycles. The van der Waals surface area contributed by atoms with E-state index in [1.54, 1.807) is 0 Å². The Morgan fingerprint density at radius 3 is 1.08 bits per heavy atom. The van der Waals surface area contributed by atoms with Gasteiger partial charge in [0.1, 0.15) is 22.3 Å². The van der Waals surface area contributed by atoms with E-state index < -0.39 is 0 Å². The van der Waals surface area contributed by atoms with Gasteiger partial charge in [-0.3, -0.25) is 0 Å². The summed E-state index contributed by atoms with van der Waals surface area (Å²) in [4.78, 5) is 4.75. The monoisotopic (exact) mass is 1420 g/mol. The molecule has 524 valence electrons. The van der Waals surface area contributed by atoms with Crippen molar-refractivity contribution in [2.24, 2.45) is 0 Å². The summed E-state index contributed by atoms with van der Waals surface area (Å²) in [5.41, 5.74) is 31.8. The number of anilines is 6. The molecule has 0 fully saturated rings. The van der Waals surface area contributed by atoms with Gasteiger partial charge in [-0.25, -0.2) is 0 Å². The topological polar surface area (TPSA) is 32.8 Å². The van der Waals surface area contributed by atoms with E-state index in [1.807, 2.05) is 12.1 Å². The molecule has 0 amide bonds. The molecule has 0 bridgehead atoms. The van der Waals surface area contributed by atoms with E-state index in [0.717, 1.165) is 123 Å². The van der Waals surface area contributed by atoms with Crippen molar-refractivity contribution in [1.82, 2.24) is 0 Å². The number of nitrogens with zero attached hydrogens (tertiary/aromatic N) is 2. The molecule has 0 radical (unpaired) electrons. The largest absolute Gasteiger partial charge is 0.455 e. The molecule has 0 aliphatic heterocycles. The molecule has 1 aliphatic carbocycles. The summed E-state index contributed by atoms with van der Waals surface area (Å²) in [7, 11) is 0. The average Bonchev–Trinajstić information content (AvgIpc) is 1.59. The summed E-state index contributed by atoms with van der Waals surface area (Å²) in [5, 5.41) is 9.36. The summed E-state index contributed by atoms with van der Waals surface area (Å²) in [6, 6.07) is 148. The number of hydrogen-bond donors (Lipinski definition) is 0. The maximum Gasteiger partial charge on any atom is 0.143 e. The van der Waals surface area contributed by atoms with E-state index >= 15 is 0 Å². The van der Waals surface area contributed by atoms with Crippen LogP contribution in [-0.4, -0.2) is 0 Å². The highest BCUT2D eigenvalue weighted by Gasteiger charge is 2.36. The van der Waals surface area contributed by atoms with E-state index in [-0.39, 0.29) is 5.41 Å². The van der Waals surface area contributed by atoms with Gasteiger partial charge in [-0.1, -0.05) is 311 Å². The van der Waals surface area contributed by atoms with Crippen LogP contribution in [0.15, 0.2) is 421 Å². The minimum atomic E-state index is -0.116. The molecule has 0 atom stereocenters. The summed E-state index contributed by atoms with van der Waals surface area (Å²) < 4.78 is 13.1. The van der Waals surface area contributed by atoms with Crippen molar-refractivity contribution in [1.29, 1.82) is 0 Å². The van der Waals surface area contributed by atoms with Crippen molar-refractivity contribution < 1.29 is 8.83 Å². The Kier molecular flexibility index (Phi) is 16.6. The van der Waals surface area contributed by atoms with Gasteiger partial charge in [0.15, 0.2) is 0 Å². The standard InChI is InChI=1S/C55H39NO.C52H35NO/c1-55(2)50-21-11-8-19-45(50)46-31-30-43(35-51(46)55)56(52-22-12-9-18-44(52)38-15-4-3-5-16-38)42-28-26-37(27-29-42)41-33-48(40-25-24-36-14-6-7-17-39(36)32-40)54-49(34-41)47-20-10-13-23-53(47)57-54;1-3-11-36(12-4-1)38-19-21-39(22-20-38)40-25-29-46(30-26-40)53(45-15-5-2-6-16-45)47-31-27-41(28-32-47)44-34-49(43-24-23-37-13-7-8-14-42(37)33-43)52-50(35-44)48-17-9-10-18-51(48)54-52/h3-35H,1-2H3;1-35H. The van der Waals surface area contributed by atoms with Gasteiger partial charge in [0, 0.05) is 72.1 Å². The molecule has 20 aromatic rings. The molecular formula is C107H74N2O2. The molecule has 2 heterocycles. The van der Waals surface area contributed by atoms with Crippen molar-refractivity contribution in [2.75, 3.05) is 9.80 Å². The predicted octanol–water partition coefficient (Wildman–Crippen LogP) is 30.4. The minimum absolute atomic E-state index is 0.116. The lowest BCUT2D eigenvalue weighted by atomic mass is 9.82. The third-order valence-electron chi connectivity index (χ3n) is 22.5. The van der Waals surface area contributed by atoms with Gasteiger partial charge in [-0.15, -0.1) is 0 Å². The highest BCUT2D eigenvalue weighted by atomic mass is 16.3. The van der Waals surface area contributed by atoms with Crippen molar-refractivity contribution in [3.05, 3.63) is 424 Å². The first-order chi connectivity index (χ1) is 54.8. The van der Waals surface area contributed by atoms with E-state index in [4.69, 9.17) is 8.83 Å². The highest BCUT2D eigenvalue weighted by molar-refractivity contribution is 6.13. The van der Waals surface area contributed by atoms with Crippen LogP contribution < -0.4 is 9.80 Å². The Bertz CT molecular complexity index is 6880. The normalized spacial score (nSPS) is 12.1. The fourth-order valence-electron chi connectivity index (χ4n) is 16.8. The SMILES string of the molecule is CC1(C)c2ccccc2-c2ccc(N(c3ccc(-c4cc(-c5ccc6ccccc6c5)c5oc6ccccc6c5c4)cc3)c3ccccc3-c3ccccc3)cc21.c1ccc(-c2ccc(-c3ccc(N(c4ccccc4)c4ccc(-c5cc(-c6ccc7ccccc7c6)c6oc7ccccc7c6c5)cc4)cc3)cc2)cc1. The number of para-hydroxylation sites is 4. The maximum atomic E-state index is 6.60. The van der Waals surface area contributed by atoms with Crippen LogP contribution in [0.3, 0.4) is 0 Å². The molecule has 1 aliphatic rings. The molecule has 111 heavy (non-hydrogen) atoms. The lowest BCUT2D eigenvalue weighted by Crippen LogP contribution is -2.16. The van der Waals surface area contributed by atoms with Gasteiger partial charge in [0.2, 0.25) is 0 Å².